The summed E-state index contributed by atoms with van der Waals surface area (Å²) in [7, 11) is 0. The van der Waals surface area contributed by atoms with E-state index in [2.05, 4.69) is 10.3 Å². The first-order chi connectivity index (χ1) is 11.0. The molecule has 5 nitrogen and oxygen atoms in total. The summed E-state index contributed by atoms with van der Waals surface area (Å²) < 4.78 is 0. The van der Waals surface area contributed by atoms with Gasteiger partial charge in [0.15, 0.2) is 0 Å². The Kier molecular flexibility index (Phi) is 5.86. The van der Waals surface area contributed by atoms with Gasteiger partial charge in [0.05, 0.1) is 5.56 Å². The molecule has 1 aromatic carbocycles. The van der Waals surface area contributed by atoms with Crippen LogP contribution in [-0.2, 0) is 11.2 Å². The molecule has 0 aliphatic rings. The molecule has 0 fully saturated rings. The quantitative estimate of drug-likeness (QED) is 0.823. The molecule has 0 aliphatic carbocycles. The van der Waals surface area contributed by atoms with Crippen molar-refractivity contribution >= 4 is 11.9 Å². The van der Waals surface area contributed by atoms with E-state index in [0.717, 1.165) is 11.1 Å². The zero-order valence-corrected chi connectivity index (χ0v) is 13.0. The number of carboxylic acid groups (broad SMARTS) is 1. The highest BCUT2D eigenvalue weighted by Crippen LogP contribution is 2.10. The van der Waals surface area contributed by atoms with Gasteiger partial charge < -0.3 is 10.4 Å². The van der Waals surface area contributed by atoms with Crippen molar-refractivity contribution in [2.75, 3.05) is 0 Å². The molecule has 0 saturated heterocycles. The molecule has 0 bridgehead atoms. The minimum absolute atomic E-state index is 0.0177. The van der Waals surface area contributed by atoms with Crippen LogP contribution in [0.25, 0.3) is 0 Å². The molecule has 1 amide bonds. The van der Waals surface area contributed by atoms with Crippen LogP contribution in [0.1, 0.15) is 34.3 Å². The first-order valence-corrected chi connectivity index (χ1v) is 7.53. The van der Waals surface area contributed by atoms with Gasteiger partial charge in [-0.3, -0.25) is 14.6 Å². The number of nitrogens with one attached hydrogen (secondary N) is 1. The minimum Gasteiger partial charge on any atom is -0.481 e. The number of hydrogen-bond acceptors (Lipinski definition) is 3. The van der Waals surface area contributed by atoms with Gasteiger partial charge in [-0.25, -0.2) is 0 Å². The molecule has 23 heavy (non-hydrogen) atoms. The van der Waals surface area contributed by atoms with E-state index in [-0.39, 0.29) is 18.4 Å². The van der Waals surface area contributed by atoms with Gasteiger partial charge in [0.2, 0.25) is 0 Å². The van der Waals surface area contributed by atoms with Crippen LogP contribution in [-0.4, -0.2) is 28.0 Å². The molecule has 5 heteroatoms. The Balaban J connectivity index is 2.07. The van der Waals surface area contributed by atoms with Crippen molar-refractivity contribution in [3.05, 3.63) is 65.5 Å². The van der Waals surface area contributed by atoms with Crippen molar-refractivity contribution < 1.29 is 14.7 Å². The molecular formula is C18H20N2O3. The monoisotopic (exact) mass is 312 g/mol. The maximum Gasteiger partial charge on any atom is 0.303 e. The zero-order valence-electron chi connectivity index (χ0n) is 13.0. The summed E-state index contributed by atoms with van der Waals surface area (Å²) in [6.07, 6.45) is 4.19. The summed E-state index contributed by atoms with van der Waals surface area (Å²) in [6, 6.07) is 11.2. The summed E-state index contributed by atoms with van der Waals surface area (Å²) in [5.41, 5.74) is 2.45. The summed E-state index contributed by atoms with van der Waals surface area (Å²) in [5.74, 6) is -1.10. The van der Waals surface area contributed by atoms with Gasteiger partial charge in [-0.2, -0.15) is 0 Å². The van der Waals surface area contributed by atoms with Crippen molar-refractivity contribution in [1.29, 1.82) is 0 Å². The molecule has 1 unspecified atom stereocenters. The Bertz CT molecular complexity index is 671. The highest BCUT2D eigenvalue weighted by molar-refractivity contribution is 5.94. The number of benzene rings is 1. The maximum absolute atomic E-state index is 12.3. The van der Waals surface area contributed by atoms with Crippen LogP contribution in [0.3, 0.4) is 0 Å². The van der Waals surface area contributed by atoms with Crippen molar-refractivity contribution in [1.82, 2.24) is 10.3 Å². The number of hydrogen-bond donors (Lipinski definition) is 2. The third kappa shape index (κ3) is 5.54. The number of rotatable bonds is 7. The Morgan fingerprint density at radius 1 is 1.22 bits per heavy atom. The number of carboxylic acids is 1. The molecule has 2 N–H and O–H groups in total. The number of pyridine rings is 1. The fraction of sp³-hybridized carbons (Fsp3) is 0.278. The van der Waals surface area contributed by atoms with Crippen LogP contribution in [0, 0.1) is 6.92 Å². The number of nitrogens with zero attached hydrogens (tertiary/aromatic N) is 1. The zero-order chi connectivity index (χ0) is 16.7. The van der Waals surface area contributed by atoms with Crippen LogP contribution < -0.4 is 5.32 Å². The molecule has 1 atom stereocenters. The van der Waals surface area contributed by atoms with Gasteiger partial charge in [-0.05, 0) is 37.0 Å². The fourth-order valence-corrected chi connectivity index (χ4v) is 2.37. The van der Waals surface area contributed by atoms with Crippen LogP contribution >= 0.6 is 0 Å². The van der Waals surface area contributed by atoms with Crippen LogP contribution in [0.2, 0.25) is 0 Å². The smallest absolute Gasteiger partial charge is 0.303 e. The summed E-state index contributed by atoms with van der Waals surface area (Å²) in [5, 5.41) is 11.8. The summed E-state index contributed by atoms with van der Waals surface area (Å²) in [6.45, 7) is 1.87. The summed E-state index contributed by atoms with van der Waals surface area (Å²) in [4.78, 5) is 27.2. The molecular weight excluding hydrogens is 292 g/mol. The molecule has 1 heterocycles. The van der Waals surface area contributed by atoms with Gasteiger partial charge >= 0.3 is 5.97 Å². The predicted octanol–water partition coefficient (Wildman–Crippen LogP) is 2.60. The predicted molar refractivity (Wildman–Crippen MR) is 87.2 cm³/mol. The third-order valence-electron chi connectivity index (χ3n) is 3.50. The van der Waals surface area contributed by atoms with E-state index < -0.39 is 5.97 Å². The Morgan fingerprint density at radius 3 is 2.61 bits per heavy atom. The molecule has 0 spiro atoms. The third-order valence-corrected chi connectivity index (χ3v) is 3.50. The lowest BCUT2D eigenvalue weighted by molar-refractivity contribution is -0.137. The Morgan fingerprint density at radius 2 is 1.96 bits per heavy atom. The van der Waals surface area contributed by atoms with Gasteiger partial charge in [0.1, 0.15) is 0 Å². The van der Waals surface area contributed by atoms with Crippen molar-refractivity contribution in [3.63, 3.8) is 0 Å². The topological polar surface area (TPSA) is 79.3 Å². The Labute approximate surface area is 135 Å². The molecule has 2 aromatic rings. The molecule has 0 radical (unpaired) electrons. The van der Waals surface area contributed by atoms with Gasteiger partial charge in [-0.15, -0.1) is 0 Å². The van der Waals surface area contributed by atoms with E-state index in [0.29, 0.717) is 18.4 Å². The van der Waals surface area contributed by atoms with Crippen LogP contribution in [0.4, 0.5) is 0 Å². The van der Waals surface area contributed by atoms with Crippen LogP contribution in [0.15, 0.2) is 48.8 Å². The maximum atomic E-state index is 12.3. The second kappa shape index (κ2) is 8.08. The fourth-order valence-electron chi connectivity index (χ4n) is 2.37. The second-order valence-corrected chi connectivity index (χ2v) is 5.54. The average Bonchev–Trinajstić information content (AvgIpc) is 2.53. The van der Waals surface area contributed by atoms with Crippen LogP contribution in [0.5, 0.6) is 0 Å². The minimum atomic E-state index is -0.866. The van der Waals surface area contributed by atoms with E-state index in [1.54, 1.807) is 12.3 Å². The number of aromatic nitrogens is 1. The number of aliphatic carboxylic acids is 1. The average molecular weight is 312 g/mol. The second-order valence-electron chi connectivity index (χ2n) is 5.54. The number of carbonyl (C=O) groups excluding carboxylic acids is 1. The lowest BCUT2D eigenvalue weighted by Crippen LogP contribution is -2.37. The number of aryl methyl sites for hydroxylation is 1. The largest absolute Gasteiger partial charge is 0.481 e. The van der Waals surface area contributed by atoms with Gasteiger partial charge in [0, 0.05) is 24.9 Å². The number of amides is 1. The normalized spacial score (nSPS) is 11.7. The SMILES string of the molecule is Cc1cncc(C(=O)NC(CCC(=O)O)Cc2ccccc2)c1. The lowest BCUT2D eigenvalue weighted by atomic mass is 10.0. The first kappa shape index (κ1) is 16.7. The standard InChI is InChI=1S/C18H20N2O3/c1-13-9-15(12-19-11-13)18(23)20-16(7-8-17(21)22)10-14-5-3-2-4-6-14/h2-6,9,11-12,16H,7-8,10H2,1H3,(H,20,23)(H,21,22). The first-order valence-electron chi connectivity index (χ1n) is 7.53. The van der Waals surface area contributed by atoms with Crippen molar-refractivity contribution in [2.45, 2.75) is 32.2 Å². The highest BCUT2D eigenvalue weighted by Gasteiger charge is 2.16. The van der Waals surface area contributed by atoms with E-state index in [9.17, 15) is 9.59 Å². The van der Waals surface area contributed by atoms with E-state index in [1.165, 1.54) is 6.20 Å². The van der Waals surface area contributed by atoms with Crippen molar-refractivity contribution in [3.8, 4) is 0 Å². The molecule has 0 aliphatic heterocycles. The molecule has 120 valence electrons. The van der Waals surface area contributed by atoms with Crippen molar-refractivity contribution in [2.24, 2.45) is 0 Å². The Hall–Kier alpha value is -2.69. The van der Waals surface area contributed by atoms with Gasteiger partial charge in [-0.1, -0.05) is 30.3 Å². The lowest BCUT2D eigenvalue weighted by Gasteiger charge is -2.18. The van der Waals surface area contributed by atoms with Gasteiger partial charge in [0.25, 0.3) is 5.91 Å². The van der Waals surface area contributed by atoms with E-state index >= 15 is 0 Å². The van der Waals surface area contributed by atoms with E-state index in [4.69, 9.17) is 5.11 Å². The van der Waals surface area contributed by atoms with E-state index in [1.807, 2.05) is 37.3 Å². The molecule has 2 rings (SSSR count). The highest BCUT2D eigenvalue weighted by atomic mass is 16.4. The molecule has 0 saturated carbocycles. The summed E-state index contributed by atoms with van der Waals surface area (Å²) >= 11 is 0. The molecule has 1 aromatic heterocycles. The number of carbonyl (C=O) groups is 2.